The van der Waals surface area contributed by atoms with Crippen LogP contribution in [0.15, 0.2) is 30.5 Å². The van der Waals surface area contributed by atoms with Crippen molar-refractivity contribution in [1.82, 2.24) is 14.8 Å². The number of likely N-dealkylation sites (N-methyl/N-ethyl adjacent to an activating group) is 1. The van der Waals surface area contributed by atoms with Crippen molar-refractivity contribution in [3.8, 4) is 0 Å². The fraction of sp³-hybridized carbons (Fsp3) is 0.526. The summed E-state index contributed by atoms with van der Waals surface area (Å²) in [5.74, 6) is -0.0543. The first kappa shape index (κ1) is 19.0. The molecule has 2 amide bonds. The summed E-state index contributed by atoms with van der Waals surface area (Å²) in [7, 11) is 1.80. The molecule has 0 aromatic carbocycles. The Morgan fingerprint density at radius 3 is 2.52 bits per heavy atom. The number of aromatic nitrogens is 1. The summed E-state index contributed by atoms with van der Waals surface area (Å²) in [5.41, 5.74) is 0.265. The lowest BCUT2D eigenvalue weighted by Gasteiger charge is -2.37. The summed E-state index contributed by atoms with van der Waals surface area (Å²) < 4.78 is 5.40. The van der Waals surface area contributed by atoms with Crippen molar-refractivity contribution in [2.24, 2.45) is 0 Å². The van der Waals surface area contributed by atoms with Crippen LogP contribution < -0.4 is 0 Å². The van der Waals surface area contributed by atoms with Crippen LogP contribution in [0.2, 0.25) is 0 Å². The number of pyridine rings is 1. The summed E-state index contributed by atoms with van der Waals surface area (Å²) in [4.78, 5) is 32.0. The average Bonchev–Trinajstić information content (AvgIpc) is 2.58. The second kappa shape index (κ2) is 8.14. The maximum Gasteiger partial charge on any atom is 0.410 e. The lowest BCUT2D eigenvalue weighted by Crippen LogP contribution is -2.48. The van der Waals surface area contributed by atoms with Crippen molar-refractivity contribution in [3.05, 3.63) is 36.2 Å². The third-order valence-corrected chi connectivity index (χ3v) is 4.10. The molecule has 1 fully saturated rings. The zero-order valence-corrected chi connectivity index (χ0v) is 15.4. The van der Waals surface area contributed by atoms with Gasteiger partial charge in [0.2, 0.25) is 5.91 Å². The first-order valence-electron chi connectivity index (χ1n) is 8.60. The number of carbonyl (C=O) groups excluding carboxylic acids is 2. The van der Waals surface area contributed by atoms with Crippen molar-refractivity contribution in [3.63, 3.8) is 0 Å². The van der Waals surface area contributed by atoms with Gasteiger partial charge in [-0.1, -0.05) is 6.07 Å². The molecule has 0 unspecified atom stereocenters. The van der Waals surface area contributed by atoms with Crippen molar-refractivity contribution in [2.75, 3.05) is 20.1 Å². The Morgan fingerprint density at radius 1 is 1.28 bits per heavy atom. The molecule has 0 atom stereocenters. The highest BCUT2D eigenvalue weighted by molar-refractivity contribution is 5.91. The molecular weight excluding hydrogens is 318 g/mol. The molecule has 0 spiro atoms. The first-order valence-corrected chi connectivity index (χ1v) is 8.60. The Bertz CT molecular complexity index is 615. The number of nitrogens with zero attached hydrogens (tertiary/aromatic N) is 3. The summed E-state index contributed by atoms with van der Waals surface area (Å²) in [6.45, 7) is 6.77. The van der Waals surface area contributed by atoms with Crippen molar-refractivity contribution < 1.29 is 14.3 Å². The van der Waals surface area contributed by atoms with E-state index in [1.165, 1.54) is 0 Å². The molecule has 0 bridgehead atoms. The molecule has 2 heterocycles. The van der Waals surface area contributed by atoms with E-state index in [9.17, 15) is 9.59 Å². The average molecular weight is 345 g/mol. The molecule has 0 radical (unpaired) electrons. The number of carbonyl (C=O) groups is 2. The zero-order chi connectivity index (χ0) is 18.4. The van der Waals surface area contributed by atoms with Gasteiger partial charge in [0.1, 0.15) is 5.60 Å². The molecule has 1 aromatic heterocycles. The molecular formula is C19H27N3O3. The van der Waals surface area contributed by atoms with Gasteiger partial charge in [-0.15, -0.1) is 0 Å². The molecule has 1 aromatic rings. The monoisotopic (exact) mass is 345 g/mol. The molecule has 6 nitrogen and oxygen atoms in total. The number of likely N-dealkylation sites (tertiary alicyclic amines) is 1. The van der Waals surface area contributed by atoms with Gasteiger partial charge in [-0.3, -0.25) is 9.78 Å². The first-order chi connectivity index (χ1) is 11.8. The van der Waals surface area contributed by atoms with Gasteiger partial charge in [0.25, 0.3) is 0 Å². The molecule has 1 aliphatic rings. The van der Waals surface area contributed by atoms with E-state index in [2.05, 4.69) is 4.98 Å². The van der Waals surface area contributed by atoms with Gasteiger partial charge in [0.05, 0.1) is 5.69 Å². The molecule has 0 aliphatic carbocycles. The van der Waals surface area contributed by atoms with Crippen LogP contribution in [0.5, 0.6) is 0 Å². The van der Waals surface area contributed by atoms with Gasteiger partial charge < -0.3 is 14.5 Å². The number of piperidine rings is 1. The standard InChI is InChI=1S/C19H27N3O3/c1-19(2,3)25-18(24)22-13-10-16(11-14-22)21(4)17(23)9-8-15-7-5-6-12-20-15/h5-9,12,16H,10-11,13-14H2,1-4H3/b9-8+. The van der Waals surface area contributed by atoms with E-state index < -0.39 is 5.60 Å². The largest absolute Gasteiger partial charge is 0.444 e. The van der Waals surface area contributed by atoms with E-state index in [4.69, 9.17) is 4.74 Å². The van der Waals surface area contributed by atoms with Crippen LogP contribution in [0, 0.1) is 0 Å². The zero-order valence-electron chi connectivity index (χ0n) is 15.4. The van der Waals surface area contributed by atoms with Crippen LogP contribution in [0.1, 0.15) is 39.3 Å². The second-order valence-corrected chi connectivity index (χ2v) is 7.24. The highest BCUT2D eigenvalue weighted by atomic mass is 16.6. The van der Waals surface area contributed by atoms with Crippen molar-refractivity contribution in [1.29, 1.82) is 0 Å². The summed E-state index contributed by atoms with van der Waals surface area (Å²) in [6.07, 6.45) is 6.17. The third-order valence-electron chi connectivity index (χ3n) is 4.10. The molecule has 136 valence electrons. The predicted octanol–water partition coefficient (Wildman–Crippen LogP) is 2.95. The quantitative estimate of drug-likeness (QED) is 0.790. The van der Waals surface area contributed by atoms with Crippen LogP contribution in [0.25, 0.3) is 6.08 Å². The topological polar surface area (TPSA) is 62.7 Å². The SMILES string of the molecule is CN(C(=O)/C=C/c1ccccn1)C1CCN(C(=O)OC(C)(C)C)CC1. The van der Waals surface area contributed by atoms with Gasteiger partial charge in [-0.2, -0.15) is 0 Å². The number of ether oxygens (including phenoxy) is 1. The van der Waals surface area contributed by atoms with E-state index in [-0.39, 0.29) is 18.0 Å². The van der Waals surface area contributed by atoms with Crippen molar-refractivity contribution >= 4 is 18.1 Å². The second-order valence-electron chi connectivity index (χ2n) is 7.24. The molecule has 0 saturated carbocycles. The smallest absolute Gasteiger partial charge is 0.410 e. The number of hydrogen-bond acceptors (Lipinski definition) is 4. The fourth-order valence-corrected chi connectivity index (χ4v) is 2.69. The fourth-order valence-electron chi connectivity index (χ4n) is 2.69. The highest BCUT2D eigenvalue weighted by Crippen LogP contribution is 2.18. The Kier molecular flexibility index (Phi) is 6.17. The maximum atomic E-state index is 12.3. The number of rotatable bonds is 3. The Hall–Kier alpha value is -2.37. The maximum absolute atomic E-state index is 12.3. The molecule has 25 heavy (non-hydrogen) atoms. The predicted molar refractivity (Wildman–Crippen MR) is 96.9 cm³/mol. The van der Waals surface area contributed by atoms with Gasteiger partial charge in [-0.05, 0) is 51.8 Å². The van der Waals surface area contributed by atoms with Gasteiger partial charge in [0.15, 0.2) is 0 Å². The van der Waals surface area contributed by atoms with Crippen LogP contribution in [-0.2, 0) is 9.53 Å². The lowest BCUT2D eigenvalue weighted by molar-refractivity contribution is -0.127. The number of amides is 2. The molecule has 1 saturated heterocycles. The van der Waals surface area contributed by atoms with Crippen LogP contribution >= 0.6 is 0 Å². The minimum absolute atomic E-state index is 0.0543. The minimum Gasteiger partial charge on any atom is -0.444 e. The molecule has 6 heteroatoms. The third kappa shape index (κ3) is 5.89. The van der Waals surface area contributed by atoms with E-state index >= 15 is 0 Å². The van der Waals surface area contributed by atoms with E-state index in [1.54, 1.807) is 35.2 Å². The summed E-state index contributed by atoms with van der Waals surface area (Å²) in [6, 6.07) is 5.69. The van der Waals surface area contributed by atoms with Crippen LogP contribution in [0.3, 0.4) is 0 Å². The van der Waals surface area contributed by atoms with E-state index in [0.717, 1.165) is 18.5 Å². The normalized spacial score (nSPS) is 16.1. The van der Waals surface area contributed by atoms with Gasteiger partial charge in [0, 0.05) is 38.5 Å². The van der Waals surface area contributed by atoms with Crippen LogP contribution in [-0.4, -0.2) is 58.6 Å². The highest BCUT2D eigenvalue weighted by Gasteiger charge is 2.29. The van der Waals surface area contributed by atoms with E-state index in [1.807, 2.05) is 39.0 Å². The Balaban J connectivity index is 1.84. The number of hydrogen-bond donors (Lipinski definition) is 0. The Labute approximate surface area is 149 Å². The molecule has 1 aliphatic heterocycles. The van der Waals surface area contributed by atoms with Gasteiger partial charge >= 0.3 is 6.09 Å². The van der Waals surface area contributed by atoms with Crippen molar-refractivity contribution in [2.45, 2.75) is 45.3 Å². The lowest BCUT2D eigenvalue weighted by atomic mass is 10.0. The van der Waals surface area contributed by atoms with E-state index in [0.29, 0.717) is 13.1 Å². The summed E-state index contributed by atoms with van der Waals surface area (Å²) in [5, 5.41) is 0. The molecule has 2 rings (SSSR count). The Morgan fingerprint density at radius 2 is 1.96 bits per heavy atom. The summed E-state index contributed by atoms with van der Waals surface area (Å²) >= 11 is 0. The van der Waals surface area contributed by atoms with Gasteiger partial charge in [-0.25, -0.2) is 4.79 Å². The molecule has 0 N–H and O–H groups in total. The minimum atomic E-state index is -0.489. The van der Waals surface area contributed by atoms with Crippen LogP contribution in [0.4, 0.5) is 4.79 Å².